The highest BCUT2D eigenvalue weighted by Gasteiger charge is 2.32. The van der Waals surface area contributed by atoms with E-state index in [0.717, 1.165) is 38.3 Å². The Morgan fingerprint density at radius 1 is 1.06 bits per heavy atom. The largest absolute Gasteiger partial charge is 0.352 e. The molecular formula is C25H35FN4O4S. The molecule has 2 rings (SSSR count). The molecule has 2 amide bonds. The van der Waals surface area contributed by atoms with Crippen molar-refractivity contribution in [3.05, 3.63) is 65.5 Å². The molecule has 2 aromatic rings. The van der Waals surface area contributed by atoms with Gasteiger partial charge in [0, 0.05) is 26.7 Å². The summed E-state index contributed by atoms with van der Waals surface area (Å²) < 4.78 is 41.5. The molecule has 0 radical (unpaired) electrons. The number of aryl methyl sites for hydroxylation is 1. The number of anilines is 1. The number of halogens is 1. The summed E-state index contributed by atoms with van der Waals surface area (Å²) in [5.41, 5.74) is 1.95. The Balaban J connectivity index is 2.44. The highest BCUT2D eigenvalue weighted by Crippen LogP contribution is 2.21. The van der Waals surface area contributed by atoms with E-state index in [1.807, 2.05) is 45.0 Å². The highest BCUT2D eigenvalue weighted by molar-refractivity contribution is 7.90. The van der Waals surface area contributed by atoms with Gasteiger partial charge in [0.15, 0.2) is 0 Å². The summed E-state index contributed by atoms with van der Waals surface area (Å²) in [6, 6.07) is 11.5. The van der Waals surface area contributed by atoms with Crippen LogP contribution in [0.5, 0.6) is 0 Å². The van der Waals surface area contributed by atoms with E-state index in [2.05, 4.69) is 5.32 Å². The van der Waals surface area contributed by atoms with Crippen molar-refractivity contribution >= 4 is 27.7 Å². The van der Waals surface area contributed by atoms with E-state index in [9.17, 15) is 22.4 Å². The van der Waals surface area contributed by atoms with Crippen LogP contribution in [0.3, 0.4) is 0 Å². The first-order chi connectivity index (χ1) is 16.4. The Morgan fingerprint density at radius 3 is 2.23 bits per heavy atom. The predicted molar refractivity (Wildman–Crippen MR) is 135 cm³/mol. The zero-order chi connectivity index (χ0) is 26.3. The Labute approximate surface area is 207 Å². The fourth-order valence-corrected chi connectivity index (χ4v) is 4.44. The average Bonchev–Trinajstić information content (AvgIpc) is 2.80. The van der Waals surface area contributed by atoms with Gasteiger partial charge >= 0.3 is 10.2 Å². The minimum Gasteiger partial charge on any atom is -0.352 e. The van der Waals surface area contributed by atoms with Gasteiger partial charge in [-0.3, -0.25) is 9.59 Å². The predicted octanol–water partition coefficient (Wildman–Crippen LogP) is 3.08. The minimum absolute atomic E-state index is 0.0781. The summed E-state index contributed by atoms with van der Waals surface area (Å²) in [5, 5.41) is 2.89. The first-order valence-corrected chi connectivity index (χ1v) is 12.9. The second kappa shape index (κ2) is 12.1. The number of benzene rings is 2. The third-order valence-corrected chi connectivity index (χ3v) is 7.56. The van der Waals surface area contributed by atoms with Crippen molar-refractivity contribution in [2.45, 2.75) is 52.7 Å². The quantitative estimate of drug-likeness (QED) is 0.507. The molecule has 0 saturated carbocycles. The van der Waals surface area contributed by atoms with Crippen LogP contribution in [0.15, 0.2) is 48.5 Å². The molecule has 0 aliphatic carbocycles. The summed E-state index contributed by atoms with van der Waals surface area (Å²) in [5.74, 6) is -1.42. The molecular weight excluding hydrogens is 471 g/mol. The van der Waals surface area contributed by atoms with Crippen LogP contribution in [0, 0.1) is 12.7 Å². The molecule has 0 heterocycles. The standard InChI is InChI=1S/C25H35FN4O4S/c1-7-19(3)27-25(32)20(4)29(16-21-10-8-9-18(2)15-21)24(31)17-30(35(33,34)28(5)6)23-13-11-22(26)12-14-23/h8-15,19-20H,7,16-17H2,1-6H3,(H,27,32)/t19-,20-/m0/s1. The zero-order valence-corrected chi connectivity index (χ0v) is 22.0. The average molecular weight is 507 g/mol. The Kier molecular flexibility index (Phi) is 9.79. The van der Waals surface area contributed by atoms with Crippen LogP contribution in [-0.2, 0) is 26.3 Å². The Morgan fingerprint density at radius 2 is 1.69 bits per heavy atom. The molecule has 192 valence electrons. The number of nitrogens with zero attached hydrogens (tertiary/aromatic N) is 3. The highest BCUT2D eigenvalue weighted by atomic mass is 32.2. The molecule has 0 bridgehead atoms. The second-order valence-electron chi connectivity index (χ2n) is 8.78. The second-order valence-corrected chi connectivity index (χ2v) is 10.8. The molecule has 10 heteroatoms. The molecule has 8 nitrogen and oxygen atoms in total. The lowest BCUT2D eigenvalue weighted by Crippen LogP contribution is -2.53. The van der Waals surface area contributed by atoms with Gasteiger partial charge in [0.25, 0.3) is 0 Å². The van der Waals surface area contributed by atoms with Crippen LogP contribution in [0.25, 0.3) is 0 Å². The number of rotatable bonds is 11. The molecule has 1 N–H and O–H groups in total. The van der Waals surface area contributed by atoms with E-state index in [-0.39, 0.29) is 24.2 Å². The molecule has 2 atom stereocenters. The minimum atomic E-state index is -4.09. The van der Waals surface area contributed by atoms with Crippen LogP contribution in [0.4, 0.5) is 10.1 Å². The summed E-state index contributed by atoms with van der Waals surface area (Å²) in [6.07, 6.45) is 0.726. The monoisotopic (exact) mass is 506 g/mol. The van der Waals surface area contributed by atoms with Crippen LogP contribution < -0.4 is 9.62 Å². The van der Waals surface area contributed by atoms with E-state index in [1.165, 1.54) is 31.1 Å². The first-order valence-electron chi connectivity index (χ1n) is 11.5. The van der Waals surface area contributed by atoms with Crippen molar-refractivity contribution in [3.8, 4) is 0 Å². The molecule has 0 saturated heterocycles. The van der Waals surface area contributed by atoms with E-state index < -0.39 is 34.5 Å². The van der Waals surface area contributed by atoms with Gasteiger partial charge in [-0.25, -0.2) is 8.70 Å². The van der Waals surface area contributed by atoms with E-state index in [1.54, 1.807) is 6.92 Å². The third-order valence-electron chi connectivity index (χ3n) is 5.74. The summed E-state index contributed by atoms with van der Waals surface area (Å²) in [6.45, 7) is 6.92. The van der Waals surface area contributed by atoms with Gasteiger partial charge < -0.3 is 10.2 Å². The maximum atomic E-state index is 13.6. The molecule has 0 spiro atoms. The van der Waals surface area contributed by atoms with E-state index in [4.69, 9.17) is 0 Å². The lowest BCUT2D eigenvalue weighted by atomic mass is 10.1. The summed E-state index contributed by atoms with van der Waals surface area (Å²) >= 11 is 0. The Bertz CT molecular complexity index is 1120. The fraction of sp³-hybridized carbons (Fsp3) is 0.440. The van der Waals surface area contributed by atoms with Crippen molar-refractivity contribution in [2.75, 3.05) is 24.9 Å². The zero-order valence-electron chi connectivity index (χ0n) is 21.2. The molecule has 0 aliphatic rings. The van der Waals surface area contributed by atoms with Gasteiger partial charge in [-0.05, 0) is 57.0 Å². The fourth-order valence-electron chi connectivity index (χ4n) is 3.38. The van der Waals surface area contributed by atoms with Crippen molar-refractivity contribution < 1.29 is 22.4 Å². The van der Waals surface area contributed by atoms with E-state index >= 15 is 0 Å². The molecule has 35 heavy (non-hydrogen) atoms. The lowest BCUT2D eigenvalue weighted by Gasteiger charge is -2.33. The van der Waals surface area contributed by atoms with Crippen molar-refractivity contribution in [2.24, 2.45) is 0 Å². The number of carbonyl (C=O) groups is 2. The molecule has 0 aromatic heterocycles. The molecule has 0 fully saturated rings. The number of hydrogen-bond donors (Lipinski definition) is 1. The maximum Gasteiger partial charge on any atom is 0.304 e. The summed E-state index contributed by atoms with van der Waals surface area (Å²) in [4.78, 5) is 27.9. The van der Waals surface area contributed by atoms with Crippen molar-refractivity contribution in [3.63, 3.8) is 0 Å². The smallest absolute Gasteiger partial charge is 0.304 e. The lowest BCUT2D eigenvalue weighted by molar-refractivity contribution is -0.139. The third kappa shape index (κ3) is 7.50. The molecule has 0 aliphatic heterocycles. The van der Waals surface area contributed by atoms with Crippen LogP contribution in [0.1, 0.15) is 38.3 Å². The first kappa shape index (κ1) is 28.3. The van der Waals surface area contributed by atoms with Crippen LogP contribution in [-0.4, -0.2) is 62.2 Å². The van der Waals surface area contributed by atoms with Crippen molar-refractivity contribution in [1.29, 1.82) is 0 Å². The topological polar surface area (TPSA) is 90.0 Å². The molecule has 2 aromatic carbocycles. The number of carbonyl (C=O) groups excluding carboxylic acids is 2. The normalized spacial score (nSPS) is 13.3. The van der Waals surface area contributed by atoms with Gasteiger partial charge in [0.05, 0.1) is 5.69 Å². The number of nitrogens with one attached hydrogen (secondary N) is 1. The van der Waals surface area contributed by atoms with Crippen molar-refractivity contribution in [1.82, 2.24) is 14.5 Å². The van der Waals surface area contributed by atoms with E-state index in [0.29, 0.717) is 0 Å². The van der Waals surface area contributed by atoms with Gasteiger partial charge in [-0.2, -0.15) is 12.7 Å². The number of hydrogen-bond acceptors (Lipinski definition) is 4. The Hall–Kier alpha value is -2.98. The van der Waals surface area contributed by atoms with Gasteiger partial charge in [-0.1, -0.05) is 36.8 Å². The van der Waals surface area contributed by atoms with Gasteiger partial charge in [0.2, 0.25) is 11.8 Å². The SMILES string of the molecule is CC[C@H](C)NC(=O)[C@H](C)N(Cc1cccc(C)c1)C(=O)CN(c1ccc(F)cc1)S(=O)(=O)N(C)C. The van der Waals surface area contributed by atoms with Crippen LogP contribution >= 0.6 is 0 Å². The molecule has 0 unspecified atom stereocenters. The van der Waals surface area contributed by atoms with Gasteiger partial charge in [-0.15, -0.1) is 0 Å². The number of amides is 2. The van der Waals surface area contributed by atoms with Gasteiger partial charge in [0.1, 0.15) is 18.4 Å². The maximum absolute atomic E-state index is 13.6. The van der Waals surface area contributed by atoms with Crippen LogP contribution in [0.2, 0.25) is 0 Å². The summed E-state index contributed by atoms with van der Waals surface area (Å²) in [7, 11) is -1.39.